The normalized spacial score (nSPS) is 14.2. The number of piperazine rings is 1. The molecule has 5 rings (SSSR count). The summed E-state index contributed by atoms with van der Waals surface area (Å²) < 4.78 is 6.95. The van der Waals surface area contributed by atoms with Gasteiger partial charge in [-0.15, -0.1) is 11.3 Å². The number of nitrogens with zero attached hydrogens (tertiary/aromatic N) is 4. The molecule has 8 nitrogen and oxygen atoms in total. The van der Waals surface area contributed by atoms with Gasteiger partial charge in [0.15, 0.2) is 0 Å². The topological polar surface area (TPSA) is 82.6 Å². The Kier molecular flexibility index (Phi) is 6.72. The maximum atomic E-state index is 11.4. The Balaban J connectivity index is 1.38. The number of ether oxygens (including phenoxy) is 1. The lowest BCUT2D eigenvalue weighted by Crippen LogP contribution is -2.44. The molecule has 0 bridgehead atoms. The van der Waals surface area contributed by atoms with Crippen LogP contribution in [0.5, 0.6) is 11.6 Å². The highest BCUT2D eigenvalue weighted by molar-refractivity contribution is 7.17. The second-order valence-corrected chi connectivity index (χ2v) is 9.70. The first-order valence-corrected chi connectivity index (χ1v) is 12.5. The number of nitrogens with one attached hydrogen (secondary N) is 2. The molecule has 2 N–H and O–H groups in total. The lowest BCUT2D eigenvalue weighted by molar-refractivity contribution is -0.114. The van der Waals surface area contributed by atoms with Crippen molar-refractivity contribution in [1.82, 2.24) is 14.9 Å². The van der Waals surface area contributed by atoms with E-state index >= 15 is 0 Å². The molecule has 1 aliphatic rings. The first-order valence-electron chi connectivity index (χ1n) is 11.3. The number of aromatic nitrogens is 2. The van der Waals surface area contributed by atoms with Crippen LogP contribution in [0.15, 0.2) is 53.9 Å². The molecule has 10 heteroatoms. The molecular weight excluding hydrogens is 484 g/mol. The number of benzene rings is 2. The van der Waals surface area contributed by atoms with Crippen molar-refractivity contribution in [3.63, 3.8) is 0 Å². The highest BCUT2D eigenvalue weighted by Gasteiger charge is 2.17. The summed E-state index contributed by atoms with van der Waals surface area (Å²) in [5, 5.41) is 8.66. The molecule has 1 amide bonds. The van der Waals surface area contributed by atoms with E-state index in [-0.39, 0.29) is 5.91 Å². The fourth-order valence-corrected chi connectivity index (χ4v) is 4.99. The number of likely N-dealkylation sites (N-methyl/N-ethyl adjacent to an activating group) is 1. The Bertz CT molecular complexity index is 1370. The number of hydrogen-bond donors (Lipinski definition) is 2. The highest BCUT2D eigenvalue weighted by atomic mass is 35.5. The van der Waals surface area contributed by atoms with Crippen LogP contribution in [-0.4, -0.2) is 54.0 Å². The average molecular weight is 509 g/mol. The molecule has 2 aromatic heterocycles. The Hall–Kier alpha value is -3.40. The van der Waals surface area contributed by atoms with Crippen LogP contribution in [0.1, 0.15) is 6.92 Å². The summed E-state index contributed by atoms with van der Waals surface area (Å²) in [5.41, 5.74) is 3.25. The standard InChI is InChI=1S/C25H25ClN6O2S/c1-16(33)27-17-4-3-5-19(14-17)34-24-23-21(8-13-35-23)29-25(30-24)28-18-6-7-22(20(26)15-18)32-11-9-31(2)10-12-32/h3-8,13-15H,9-12H2,1-2H3,(H,27,33)(H,28,29,30). The van der Waals surface area contributed by atoms with Crippen molar-refractivity contribution in [2.45, 2.75) is 6.92 Å². The Morgan fingerprint density at radius 2 is 1.89 bits per heavy atom. The molecule has 1 fully saturated rings. The van der Waals surface area contributed by atoms with Crippen molar-refractivity contribution in [2.75, 3.05) is 48.8 Å². The third-order valence-electron chi connectivity index (χ3n) is 5.69. The van der Waals surface area contributed by atoms with Crippen molar-refractivity contribution in [1.29, 1.82) is 0 Å². The van der Waals surface area contributed by atoms with Crippen molar-refractivity contribution in [2.24, 2.45) is 0 Å². The molecule has 0 unspecified atom stereocenters. The summed E-state index contributed by atoms with van der Waals surface area (Å²) in [7, 11) is 2.13. The molecule has 4 aromatic rings. The number of carbonyl (C=O) groups is 1. The Labute approximate surface area is 212 Å². The predicted octanol–water partition coefficient (Wildman–Crippen LogP) is 5.59. The number of amides is 1. The molecule has 0 spiro atoms. The number of thiophene rings is 1. The van der Waals surface area contributed by atoms with Gasteiger partial charge in [-0.3, -0.25) is 4.79 Å². The Morgan fingerprint density at radius 3 is 2.66 bits per heavy atom. The smallest absolute Gasteiger partial charge is 0.242 e. The van der Waals surface area contributed by atoms with E-state index in [0.717, 1.165) is 47.8 Å². The van der Waals surface area contributed by atoms with Crippen LogP contribution in [0.25, 0.3) is 10.2 Å². The van der Waals surface area contributed by atoms with Crippen molar-refractivity contribution in [3.8, 4) is 11.6 Å². The second kappa shape index (κ2) is 10.1. The summed E-state index contributed by atoms with van der Waals surface area (Å²) in [6.45, 7) is 5.40. The van der Waals surface area contributed by atoms with Gasteiger partial charge in [-0.1, -0.05) is 17.7 Å². The second-order valence-electron chi connectivity index (χ2n) is 8.38. The zero-order chi connectivity index (χ0) is 24.4. The molecule has 2 aromatic carbocycles. The molecule has 3 heterocycles. The quantitative estimate of drug-likeness (QED) is 0.351. The van der Waals surface area contributed by atoms with Crippen LogP contribution in [0.3, 0.4) is 0 Å². The predicted molar refractivity (Wildman–Crippen MR) is 143 cm³/mol. The van der Waals surface area contributed by atoms with Crippen LogP contribution in [0.2, 0.25) is 5.02 Å². The highest BCUT2D eigenvalue weighted by Crippen LogP contribution is 2.35. The van der Waals surface area contributed by atoms with Crippen LogP contribution >= 0.6 is 22.9 Å². The maximum Gasteiger partial charge on any atom is 0.242 e. The molecule has 180 valence electrons. The lowest BCUT2D eigenvalue weighted by Gasteiger charge is -2.34. The minimum absolute atomic E-state index is 0.145. The molecule has 0 saturated carbocycles. The van der Waals surface area contributed by atoms with Crippen LogP contribution in [0.4, 0.5) is 23.0 Å². The molecular formula is C25H25ClN6O2S. The fraction of sp³-hybridized carbons (Fsp3) is 0.240. The van der Waals surface area contributed by atoms with Crippen LogP contribution in [0, 0.1) is 0 Å². The average Bonchev–Trinajstić information content (AvgIpc) is 3.29. The van der Waals surface area contributed by atoms with Crippen LogP contribution in [-0.2, 0) is 4.79 Å². The maximum absolute atomic E-state index is 11.4. The number of halogens is 1. The van der Waals surface area contributed by atoms with Gasteiger partial charge in [0.2, 0.25) is 17.7 Å². The van der Waals surface area contributed by atoms with Crippen molar-refractivity contribution >= 4 is 62.1 Å². The molecule has 0 atom stereocenters. The van der Waals surface area contributed by atoms with E-state index in [1.54, 1.807) is 12.1 Å². The molecule has 35 heavy (non-hydrogen) atoms. The number of fused-ring (bicyclic) bond motifs is 1. The third kappa shape index (κ3) is 5.48. The summed E-state index contributed by atoms with van der Waals surface area (Å²) >= 11 is 8.15. The van der Waals surface area contributed by atoms with Gasteiger partial charge in [0.05, 0.1) is 16.2 Å². The molecule has 0 aliphatic carbocycles. The van der Waals surface area contributed by atoms with Crippen molar-refractivity contribution < 1.29 is 9.53 Å². The minimum Gasteiger partial charge on any atom is -0.437 e. The zero-order valence-corrected chi connectivity index (χ0v) is 21.0. The van der Waals surface area contributed by atoms with E-state index in [4.69, 9.17) is 16.3 Å². The lowest BCUT2D eigenvalue weighted by atomic mass is 10.2. The monoisotopic (exact) mass is 508 g/mol. The third-order valence-corrected chi connectivity index (χ3v) is 6.88. The summed E-state index contributed by atoms with van der Waals surface area (Å²) in [6, 6.07) is 15.0. The van der Waals surface area contributed by atoms with Gasteiger partial charge >= 0.3 is 0 Å². The summed E-state index contributed by atoms with van der Waals surface area (Å²) in [6.07, 6.45) is 0. The van der Waals surface area contributed by atoms with E-state index in [0.29, 0.717) is 28.3 Å². The van der Waals surface area contributed by atoms with E-state index in [1.165, 1.54) is 18.3 Å². The SMILES string of the molecule is CC(=O)Nc1cccc(Oc2nc(Nc3ccc(N4CCN(C)CC4)c(Cl)c3)nc3ccsc23)c1. The number of hydrogen-bond acceptors (Lipinski definition) is 8. The van der Waals surface area contributed by atoms with Gasteiger partial charge in [0.25, 0.3) is 0 Å². The zero-order valence-electron chi connectivity index (χ0n) is 19.4. The van der Waals surface area contributed by atoms with E-state index in [9.17, 15) is 4.79 Å². The first-order chi connectivity index (χ1) is 16.9. The Morgan fingerprint density at radius 1 is 1.06 bits per heavy atom. The molecule has 0 radical (unpaired) electrons. The summed E-state index contributed by atoms with van der Waals surface area (Å²) in [4.78, 5) is 25.3. The van der Waals surface area contributed by atoms with Crippen molar-refractivity contribution in [3.05, 3.63) is 58.9 Å². The number of anilines is 4. The van der Waals surface area contributed by atoms with Gasteiger partial charge in [0.1, 0.15) is 10.4 Å². The van der Waals surface area contributed by atoms with Gasteiger partial charge in [0, 0.05) is 50.5 Å². The summed E-state index contributed by atoms with van der Waals surface area (Å²) in [5.74, 6) is 1.27. The van der Waals surface area contributed by atoms with Crippen LogP contribution < -0.4 is 20.3 Å². The van der Waals surface area contributed by atoms with Gasteiger partial charge in [-0.2, -0.15) is 4.98 Å². The van der Waals surface area contributed by atoms with E-state index in [1.807, 2.05) is 41.8 Å². The molecule has 1 aliphatic heterocycles. The van der Waals surface area contributed by atoms with Gasteiger partial charge in [-0.05, 0) is 48.8 Å². The molecule has 1 saturated heterocycles. The largest absolute Gasteiger partial charge is 0.437 e. The van der Waals surface area contributed by atoms with E-state index < -0.39 is 0 Å². The van der Waals surface area contributed by atoms with Gasteiger partial charge in [-0.25, -0.2) is 4.98 Å². The fourth-order valence-electron chi connectivity index (χ4n) is 3.93. The minimum atomic E-state index is -0.145. The van der Waals surface area contributed by atoms with Gasteiger partial charge < -0.3 is 25.2 Å². The first kappa shape index (κ1) is 23.3. The van der Waals surface area contributed by atoms with E-state index in [2.05, 4.69) is 37.4 Å². The number of carbonyl (C=O) groups excluding carboxylic acids is 1. The number of rotatable bonds is 6.